The van der Waals surface area contributed by atoms with Gasteiger partial charge < -0.3 is 15.6 Å². The molecule has 0 aliphatic rings. The Labute approximate surface area is 108 Å². The van der Waals surface area contributed by atoms with Gasteiger partial charge in [-0.05, 0) is 44.4 Å². The maximum Gasteiger partial charge on any atom is 0.309 e. The topological polar surface area (TPSA) is 72.5 Å². The van der Waals surface area contributed by atoms with Gasteiger partial charge in [-0.25, -0.2) is 0 Å². The van der Waals surface area contributed by atoms with Crippen molar-refractivity contribution in [2.24, 2.45) is 11.1 Å². The SMILES string of the molecule is COc1ccc(C(N)CC(C)(C)C(=O)O)cc1C. The molecule has 1 aromatic rings. The van der Waals surface area contributed by atoms with Crippen molar-refractivity contribution >= 4 is 5.97 Å². The number of methoxy groups -OCH3 is 1. The molecular formula is C14H21NO3. The van der Waals surface area contributed by atoms with Gasteiger partial charge in [0.25, 0.3) is 0 Å². The van der Waals surface area contributed by atoms with E-state index in [0.29, 0.717) is 6.42 Å². The summed E-state index contributed by atoms with van der Waals surface area (Å²) in [6.45, 7) is 5.31. The van der Waals surface area contributed by atoms with Gasteiger partial charge in [-0.1, -0.05) is 12.1 Å². The van der Waals surface area contributed by atoms with Crippen LogP contribution in [0.1, 0.15) is 37.4 Å². The molecule has 0 spiro atoms. The highest BCUT2D eigenvalue weighted by atomic mass is 16.5. The number of carboxylic acid groups (broad SMARTS) is 1. The molecule has 1 atom stereocenters. The molecule has 0 saturated carbocycles. The van der Waals surface area contributed by atoms with E-state index in [1.54, 1.807) is 21.0 Å². The second kappa shape index (κ2) is 5.40. The van der Waals surface area contributed by atoms with E-state index in [4.69, 9.17) is 15.6 Å². The van der Waals surface area contributed by atoms with Crippen LogP contribution >= 0.6 is 0 Å². The number of aryl methyl sites for hydroxylation is 1. The van der Waals surface area contributed by atoms with Gasteiger partial charge >= 0.3 is 5.97 Å². The zero-order chi connectivity index (χ0) is 13.9. The summed E-state index contributed by atoms with van der Waals surface area (Å²) in [5.41, 5.74) is 7.18. The number of aliphatic carboxylic acids is 1. The molecule has 0 radical (unpaired) electrons. The number of carbonyl (C=O) groups is 1. The molecule has 0 heterocycles. The molecule has 1 unspecified atom stereocenters. The van der Waals surface area contributed by atoms with Gasteiger partial charge in [-0.15, -0.1) is 0 Å². The highest BCUT2D eigenvalue weighted by Gasteiger charge is 2.30. The summed E-state index contributed by atoms with van der Waals surface area (Å²) >= 11 is 0. The Balaban J connectivity index is 2.88. The van der Waals surface area contributed by atoms with E-state index in [0.717, 1.165) is 16.9 Å². The lowest BCUT2D eigenvalue weighted by Gasteiger charge is -2.24. The Morgan fingerprint density at radius 1 is 1.50 bits per heavy atom. The number of rotatable bonds is 5. The largest absolute Gasteiger partial charge is 0.496 e. The van der Waals surface area contributed by atoms with Gasteiger partial charge in [0.1, 0.15) is 5.75 Å². The first-order chi connectivity index (χ1) is 8.27. The van der Waals surface area contributed by atoms with Crippen molar-refractivity contribution < 1.29 is 14.6 Å². The molecule has 0 bridgehead atoms. The van der Waals surface area contributed by atoms with Gasteiger partial charge in [-0.2, -0.15) is 0 Å². The maximum atomic E-state index is 11.1. The Hall–Kier alpha value is -1.55. The van der Waals surface area contributed by atoms with E-state index < -0.39 is 11.4 Å². The lowest BCUT2D eigenvalue weighted by atomic mass is 9.84. The Morgan fingerprint density at radius 3 is 2.56 bits per heavy atom. The summed E-state index contributed by atoms with van der Waals surface area (Å²) in [6, 6.07) is 5.40. The first kappa shape index (κ1) is 14.5. The van der Waals surface area contributed by atoms with Crippen molar-refractivity contribution in [2.45, 2.75) is 33.2 Å². The fraction of sp³-hybridized carbons (Fsp3) is 0.500. The number of ether oxygens (including phenoxy) is 1. The number of nitrogens with two attached hydrogens (primary N) is 1. The summed E-state index contributed by atoms with van der Waals surface area (Å²) in [7, 11) is 1.62. The van der Waals surface area contributed by atoms with Crippen molar-refractivity contribution in [2.75, 3.05) is 7.11 Å². The zero-order valence-corrected chi connectivity index (χ0v) is 11.4. The third kappa shape index (κ3) is 3.23. The van der Waals surface area contributed by atoms with Crippen LogP contribution in [0.2, 0.25) is 0 Å². The third-order valence-electron chi connectivity index (χ3n) is 3.16. The quantitative estimate of drug-likeness (QED) is 0.843. The smallest absolute Gasteiger partial charge is 0.309 e. The van der Waals surface area contributed by atoms with E-state index in [9.17, 15) is 4.79 Å². The molecule has 100 valence electrons. The predicted molar refractivity (Wildman–Crippen MR) is 70.7 cm³/mol. The van der Waals surface area contributed by atoms with Crippen LogP contribution < -0.4 is 10.5 Å². The zero-order valence-electron chi connectivity index (χ0n) is 11.4. The van der Waals surface area contributed by atoms with Crippen LogP contribution in [0.4, 0.5) is 0 Å². The van der Waals surface area contributed by atoms with Gasteiger partial charge in [0.15, 0.2) is 0 Å². The molecule has 0 amide bonds. The van der Waals surface area contributed by atoms with Gasteiger partial charge in [0, 0.05) is 6.04 Å². The monoisotopic (exact) mass is 251 g/mol. The molecule has 18 heavy (non-hydrogen) atoms. The molecule has 3 N–H and O–H groups in total. The van der Waals surface area contributed by atoms with E-state index in [-0.39, 0.29) is 6.04 Å². The second-order valence-electron chi connectivity index (χ2n) is 5.23. The molecule has 0 fully saturated rings. The molecule has 0 aliphatic carbocycles. The van der Waals surface area contributed by atoms with Crippen LogP contribution in [0.25, 0.3) is 0 Å². The standard InChI is InChI=1S/C14H21NO3/c1-9-7-10(5-6-12(9)18-4)11(15)8-14(2,3)13(16)17/h5-7,11H,8,15H2,1-4H3,(H,16,17). The maximum absolute atomic E-state index is 11.1. The van der Waals surface area contributed by atoms with E-state index in [1.165, 1.54) is 0 Å². The van der Waals surface area contributed by atoms with Crippen LogP contribution in [0.5, 0.6) is 5.75 Å². The van der Waals surface area contributed by atoms with Crippen molar-refractivity contribution in [1.82, 2.24) is 0 Å². The van der Waals surface area contributed by atoms with E-state index in [2.05, 4.69) is 0 Å². The number of carboxylic acids is 1. The first-order valence-corrected chi connectivity index (χ1v) is 5.91. The number of benzene rings is 1. The summed E-state index contributed by atoms with van der Waals surface area (Å²) in [5, 5.41) is 9.10. The first-order valence-electron chi connectivity index (χ1n) is 5.91. The highest BCUT2D eigenvalue weighted by molar-refractivity contribution is 5.73. The molecule has 0 aromatic heterocycles. The average molecular weight is 251 g/mol. The van der Waals surface area contributed by atoms with Gasteiger partial charge in [0.05, 0.1) is 12.5 Å². The minimum Gasteiger partial charge on any atom is -0.496 e. The number of hydrogen-bond acceptors (Lipinski definition) is 3. The van der Waals surface area contributed by atoms with Crippen molar-refractivity contribution in [3.05, 3.63) is 29.3 Å². The Morgan fingerprint density at radius 2 is 2.11 bits per heavy atom. The van der Waals surface area contributed by atoms with Crippen LogP contribution in [0.15, 0.2) is 18.2 Å². The fourth-order valence-electron chi connectivity index (χ4n) is 1.89. The Kier molecular flexibility index (Phi) is 4.35. The van der Waals surface area contributed by atoms with E-state index >= 15 is 0 Å². The van der Waals surface area contributed by atoms with Crippen LogP contribution in [-0.4, -0.2) is 18.2 Å². The molecule has 1 rings (SSSR count). The highest BCUT2D eigenvalue weighted by Crippen LogP contribution is 2.30. The van der Waals surface area contributed by atoms with Crippen molar-refractivity contribution in [1.29, 1.82) is 0 Å². The summed E-state index contributed by atoms with van der Waals surface area (Å²) in [5.74, 6) is -0.0216. The summed E-state index contributed by atoms with van der Waals surface area (Å²) in [6.07, 6.45) is 0.397. The molecular weight excluding hydrogens is 230 g/mol. The van der Waals surface area contributed by atoms with Crippen LogP contribution in [0.3, 0.4) is 0 Å². The third-order valence-corrected chi connectivity index (χ3v) is 3.16. The van der Waals surface area contributed by atoms with Crippen molar-refractivity contribution in [3.8, 4) is 5.75 Å². The normalized spacial score (nSPS) is 13.2. The summed E-state index contributed by atoms with van der Waals surface area (Å²) in [4.78, 5) is 11.1. The molecule has 0 saturated heterocycles. The second-order valence-corrected chi connectivity index (χ2v) is 5.23. The fourth-order valence-corrected chi connectivity index (χ4v) is 1.89. The average Bonchev–Trinajstić information content (AvgIpc) is 2.28. The minimum atomic E-state index is -0.830. The molecule has 4 heteroatoms. The van der Waals surface area contributed by atoms with Crippen molar-refractivity contribution in [3.63, 3.8) is 0 Å². The van der Waals surface area contributed by atoms with Crippen LogP contribution in [-0.2, 0) is 4.79 Å². The predicted octanol–water partition coefficient (Wildman–Crippen LogP) is 2.50. The van der Waals surface area contributed by atoms with Gasteiger partial charge in [0.2, 0.25) is 0 Å². The minimum absolute atomic E-state index is 0.291. The van der Waals surface area contributed by atoms with Crippen LogP contribution in [0, 0.1) is 12.3 Å². The van der Waals surface area contributed by atoms with E-state index in [1.807, 2.05) is 25.1 Å². The summed E-state index contributed by atoms with van der Waals surface area (Å²) < 4.78 is 5.18. The lowest BCUT2D eigenvalue weighted by molar-refractivity contribution is -0.147. The molecule has 4 nitrogen and oxygen atoms in total. The molecule has 0 aliphatic heterocycles. The van der Waals surface area contributed by atoms with Gasteiger partial charge in [-0.3, -0.25) is 4.79 Å². The Bertz CT molecular complexity index is 441. The number of hydrogen-bond donors (Lipinski definition) is 2. The lowest BCUT2D eigenvalue weighted by Crippen LogP contribution is -2.28. The molecule has 1 aromatic carbocycles.